The first-order valence-electron chi connectivity index (χ1n) is 8.19. The number of nitrogens with zero attached hydrogens (tertiary/aromatic N) is 1. The summed E-state index contributed by atoms with van der Waals surface area (Å²) in [7, 11) is 1.32. The average Bonchev–Trinajstić information content (AvgIpc) is 3.11. The van der Waals surface area contributed by atoms with Gasteiger partial charge < -0.3 is 10.1 Å². The van der Waals surface area contributed by atoms with Gasteiger partial charge in [0.2, 0.25) is 0 Å². The number of nitrogens with one attached hydrogen (secondary N) is 1. The zero-order valence-corrected chi connectivity index (χ0v) is 16.5. The highest BCUT2D eigenvalue weighted by molar-refractivity contribution is 7.98. The number of thioether (sulfide) groups is 1. The first-order chi connectivity index (χ1) is 13.1. The van der Waals surface area contributed by atoms with Gasteiger partial charge in [-0.25, -0.2) is 9.78 Å². The maximum absolute atomic E-state index is 12.7. The molecule has 0 aliphatic heterocycles. The Morgan fingerprint density at radius 2 is 2.00 bits per heavy atom. The van der Waals surface area contributed by atoms with Crippen molar-refractivity contribution < 1.29 is 14.3 Å². The van der Waals surface area contributed by atoms with E-state index in [1.54, 1.807) is 53.4 Å². The standard InChI is InChI=1S/C20H18N2O3S2/c1-13-21-16(11-26-13)12-27-18-9-4-3-8-17(18)19(23)22-15-7-5-6-14(10-15)20(24)25-2/h3-11H,12H2,1-2H3,(H,22,23). The van der Waals surface area contributed by atoms with Gasteiger partial charge >= 0.3 is 5.97 Å². The lowest BCUT2D eigenvalue weighted by Gasteiger charge is -2.10. The van der Waals surface area contributed by atoms with Gasteiger partial charge in [0, 0.05) is 21.7 Å². The second-order valence-electron chi connectivity index (χ2n) is 5.67. The highest BCUT2D eigenvalue weighted by Gasteiger charge is 2.13. The normalized spacial score (nSPS) is 10.4. The van der Waals surface area contributed by atoms with Crippen LogP contribution in [0.1, 0.15) is 31.4 Å². The lowest BCUT2D eigenvalue weighted by molar-refractivity contribution is 0.0600. The number of amides is 1. The third-order valence-electron chi connectivity index (χ3n) is 3.72. The summed E-state index contributed by atoms with van der Waals surface area (Å²) in [5.74, 6) is 0.0297. The first-order valence-corrected chi connectivity index (χ1v) is 10.1. The van der Waals surface area contributed by atoms with Crippen LogP contribution in [0, 0.1) is 6.92 Å². The van der Waals surface area contributed by atoms with Gasteiger partial charge in [-0.3, -0.25) is 4.79 Å². The predicted molar refractivity (Wildman–Crippen MR) is 109 cm³/mol. The Morgan fingerprint density at radius 3 is 2.74 bits per heavy atom. The first kappa shape index (κ1) is 19.1. The maximum atomic E-state index is 12.7. The zero-order valence-electron chi connectivity index (χ0n) is 14.9. The number of hydrogen-bond donors (Lipinski definition) is 1. The molecule has 2 aromatic carbocycles. The zero-order chi connectivity index (χ0) is 19.2. The van der Waals surface area contributed by atoms with Crippen LogP contribution >= 0.6 is 23.1 Å². The van der Waals surface area contributed by atoms with Crippen molar-refractivity contribution in [3.8, 4) is 0 Å². The van der Waals surface area contributed by atoms with Gasteiger partial charge in [-0.15, -0.1) is 23.1 Å². The molecule has 0 unspecified atom stereocenters. The summed E-state index contributed by atoms with van der Waals surface area (Å²) in [6, 6.07) is 14.1. The molecule has 3 aromatic rings. The van der Waals surface area contributed by atoms with Crippen molar-refractivity contribution >= 4 is 40.7 Å². The summed E-state index contributed by atoms with van der Waals surface area (Å²) >= 11 is 3.19. The van der Waals surface area contributed by atoms with Gasteiger partial charge in [-0.1, -0.05) is 18.2 Å². The molecule has 27 heavy (non-hydrogen) atoms. The lowest BCUT2D eigenvalue weighted by atomic mass is 10.1. The van der Waals surface area contributed by atoms with E-state index < -0.39 is 5.97 Å². The minimum atomic E-state index is -0.444. The van der Waals surface area contributed by atoms with Crippen molar-refractivity contribution in [2.24, 2.45) is 0 Å². The Labute approximate surface area is 165 Å². The molecule has 3 rings (SSSR count). The van der Waals surface area contributed by atoms with Crippen LogP contribution in [-0.2, 0) is 10.5 Å². The molecular weight excluding hydrogens is 380 g/mol. The molecule has 0 saturated heterocycles. The summed E-state index contributed by atoms with van der Waals surface area (Å²) in [4.78, 5) is 29.7. The molecule has 5 nitrogen and oxygen atoms in total. The fraction of sp³-hybridized carbons (Fsp3) is 0.150. The number of aromatic nitrogens is 1. The van der Waals surface area contributed by atoms with Crippen molar-refractivity contribution in [2.45, 2.75) is 17.6 Å². The van der Waals surface area contributed by atoms with E-state index in [0.29, 0.717) is 22.6 Å². The number of benzene rings is 2. The predicted octanol–water partition coefficient (Wildman–Crippen LogP) is 4.78. The van der Waals surface area contributed by atoms with E-state index in [-0.39, 0.29) is 5.91 Å². The third kappa shape index (κ3) is 4.96. The fourth-order valence-electron chi connectivity index (χ4n) is 2.45. The minimum absolute atomic E-state index is 0.227. The Hall–Kier alpha value is -2.64. The van der Waals surface area contributed by atoms with Crippen molar-refractivity contribution in [1.82, 2.24) is 4.98 Å². The molecule has 0 fully saturated rings. The highest BCUT2D eigenvalue weighted by atomic mass is 32.2. The molecule has 0 atom stereocenters. The number of anilines is 1. The quantitative estimate of drug-likeness (QED) is 0.478. The van der Waals surface area contributed by atoms with E-state index in [9.17, 15) is 9.59 Å². The largest absolute Gasteiger partial charge is 0.465 e. The molecule has 0 aliphatic carbocycles. The summed E-state index contributed by atoms with van der Waals surface area (Å²) in [5, 5.41) is 5.91. The Morgan fingerprint density at radius 1 is 1.19 bits per heavy atom. The van der Waals surface area contributed by atoms with Crippen LogP contribution < -0.4 is 5.32 Å². The van der Waals surface area contributed by atoms with Crippen LogP contribution in [0.2, 0.25) is 0 Å². The molecule has 0 spiro atoms. The van der Waals surface area contributed by atoms with E-state index in [1.807, 2.05) is 30.5 Å². The maximum Gasteiger partial charge on any atom is 0.337 e. The molecule has 0 aliphatic rings. The highest BCUT2D eigenvalue weighted by Crippen LogP contribution is 2.27. The monoisotopic (exact) mass is 398 g/mol. The Balaban J connectivity index is 1.74. The Bertz CT molecular complexity index is 969. The third-order valence-corrected chi connectivity index (χ3v) is 5.64. The number of carbonyl (C=O) groups excluding carboxylic acids is 2. The number of carbonyl (C=O) groups is 2. The topological polar surface area (TPSA) is 68.3 Å². The smallest absolute Gasteiger partial charge is 0.337 e. The number of thiazole rings is 1. The van der Waals surface area contributed by atoms with E-state index in [2.05, 4.69) is 10.3 Å². The number of esters is 1. The van der Waals surface area contributed by atoms with Gasteiger partial charge in [0.25, 0.3) is 5.91 Å². The van der Waals surface area contributed by atoms with Crippen LogP contribution in [0.4, 0.5) is 5.69 Å². The van der Waals surface area contributed by atoms with E-state index in [4.69, 9.17) is 4.74 Å². The molecule has 1 amide bonds. The SMILES string of the molecule is COC(=O)c1cccc(NC(=O)c2ccccc2SCc2csc(C)n2)c1. The lowest BCUT2D eigenvalue weighted by Crippen LogP contribution is -2.13. The number of aryl methyl sites for hydroxylation is 1. The molecule has 0 saturated carbocycles. The molecule has 1 N–H and O–H groups in total. The molecule has 0 bridgehead atoms. The van der Waals surface area contributed by atoms with E-state index in [1.165, 1.54) is 7.11 Å². The average molecular weight is 399 g/mol. The summed E-state index contributed by atoms with van der Waals surface area (Å²) in [6.07, 6.45) is 0. The van der Waals surface area contributed by atoms with Gasteiger partial charge in [0.05, 0.1) is 28.9 Å². The second kappa shape index (κ2) is 8.83. The van der Waals surface area contributed by atoms with Crippen molar-refractivity contribution in [2.75, 3.05) is 12.4 Å². The molecule has 7 heteroatoms. The van der Waals surface area contributed by atoms with E-state index in [0.717, 1.165) is 15.6 Å². The number of rotatable bonds is 6. The van der Waals surface area contributed by atoms with Crippen LogP contribution in [0.5, 0.6) is 0 Å². The summed E-state index contributed by atoms with van der Waals surface area (Å²) in [5.41, 5.74) is 2.51. The summed E-state index contributed by atoms with van der Waals surface area (Å²) in [6.45, 7) is 1.97. The summed E-state index contributed by atoms with van der Waals surface area (Å²) < 4.78 is 4.72. The van der Waals surface area contributed by atoms with Crippen LogP contribution in [0.3, 0.4) is 0 Å². The van der Waals surface area contributed by atoms with Crippen LogP contribution in [0.25, 0.3) is 0 Å². The number of ether oxygens (including phenoxy) is 1. The van der Waals surface area contributed by atoms with E-state index >= 15 is 0 Å². The number of methoxy groups -OCH3 is 1. The molecule has 0 radical (unpaired) electrons. The van der Waals surface area contributed by atoms with Gasteiger partial charge in [0.15, 0.2) is 0 Å². The van der Waals surface area contributed by atoms with Gasteiger partial charge in [-0.05, 0) is 37.3 Å². The molecule has 138 valence electrons. The van der Waals surface area contributed by atoms with Crippen LogP contribution in [0.15, 0.2) is 58.8 Å². The minimum Gasteiger partial charge on any atom is -0.465 e. The van der Waals surface area contributed by atoms with Crippen molar-refractivity contribution in [3.05, 3.63) is 75.7 Å². The van der Waals surface area contributed by atoms with Gasteiger partial charge in [-0.2, -0.15) is 0 Å². The molecule has 1 aromatic heterocycles. The molecule has 1 heterocycles. The Kier molecular flexibility index (Phi) is 6.26. The second-order valence-corrected chi connectivity index (χ2v) is 7.75. The van der Waals surface area contributed by atoms with Crippen molar-refractivity contribution in [1.29, 1.82) is 0 Å². The molecular formula is C20H18N2O3S2. The van der Waals surface area contributed by atoms with Crippen molar-refractivity contribution in [3.63, 3.8) is 0 Å². The fourth-order valence-corrected chi connectivity index (χ4v) is 4.11. The number of hydrogen-bond acceptors (Lipinski definition) is 6. The van der Waals surface area contributed by atoms with Crippen LogP contribution in [-0.4, -0.2) is 24.0 Å². The van der Waals surface area contributed by atoms with Gasteiger partial charge in [0.1, 0.15) is 0 Å².